The van der Waals surface area contributed by atoms with Crippen molar-refractivity contribution in [3.63, 3.8) is 0 Å². The van der Waals surface area contributed by atoms with Gasteiger partial charge in [-0.2, -0.15) is 0 Å². The molecule has 0 radical (unpaired) electrons. The van der Waals surface area contributed by atoms with E-state index in [1.165, 1.54) is 43.5 Å². The number of phenolic OH excluding ortho intramolecular Hbond substituents is 1. The maximum absolute atomic E-state index is 13.0. The molecule has 8 heteroatoms. The second-order valence-corrected chi connectivity index (χ2v) is 8.23. The van der Waals surface area contributed by atoms with Crippen LogP contribution in [0, 0.1) is 0 Å². The van der Waals surface area contributed by atoms with Crippen molar-refractivity contribution in [3.05, 3.63) is 59.4 Å². The minimum absolute atomic E-state index is 0.0552. The minimum Gasteiger partial charge on any atom is -0.507 e. The van der Waals surface area contributed by atoms with Crippen molar-refractivity contribution in [1.82, 2.24) is 0 Å². The zero-order valence-corrected chi connectivity index (χ0v) is 15.3. The molecule has 27 heavy (non-hydrogen) atoms. The maximum Gasteiger partial charge on any atom is 0.310 e. The van der Waals surface area contributed by atoms with Gasteiger partial charge in [-0.15, -0.1) is 0 Å². The Labute approximate surface area is 154 Å². The fourth-order valence-electron chi connectivity index (χ4n) is 2.80. The zero-order chi connectivity index (χ0) is 19.9. The van der Waals surface area contributed by atoms with Gasteiger partial charge in [0, 0.05) is 22.8 Å². The predicted octanol–water partition coefficient (Wildman–Crippen LogP) is 2.96. The van der Waals surface area contributed by atoms with Crippen LogP contribution in [0.2, 0.25) is 0 Å². The standard InChI is InChI=1S/C19H16O7S/c1-10(19(22)23)14-9-12-7-8-26-18(12)15(17(14)21)16(20)11-3-5-13(6-4-11)27(2,24)25/h3-10,21H,1-2H3,(H,22,23). The first-order valence-corrected chi connectivity index (χ1v) is 9.81. The van der Waals surface area contributed by atoms with Gasteiger partial charge in [-0.05, 0) is 43.3 Å². The Kier molecular flexibility index (Phi) is 4.52. The van der Waals surface area contributed by atoms with Crippen LogP contribution in [0.5, 0.6) is 5.75 Å². The van der Waals surface area contributed by atoms with Crippen molar-refractivity contribution in [1.29, 1.82) is 0 Å². The van der Waals surface area contributed by atoms with Gasteiger partial charge >= 0.3 is 5.97 Å². The highest BCUT2D eigenvalue weighted by Gasteiger charge is 2.27. The minimum atomic E-state index is -3.42. The smallest absolute Gasteiger partial charge is 0.310 e. The van der Waals surface area contributed by atoms with E-state index in [2.05, 4.69) is 0 Å². The summed E-state index contributed by atoms with van der Waals surface area (Å²) in [7, 11) is -3.42. The number of hydrogen-bond donors (Lipinski definition) is 2. The van der Waals surface area contributed by atoms with Gasteiger partial charge in [0.05, 0.1) is 17.1 Å². The molecule has 7 nitrogen and oxygen atoms in total. The van der Waals surface area contributed by atoms with Crippen molar-refractivity contribution in [3.8, 4) is 5.75 Å². The largest absolute Gasteiger partial charge is 0.507 e. The average Bonchev–Trinajstić information content (AvgIpc) is 3.07. The number of hydrogen-bond acceptors (Lipinski definition) is 6. The summed E-state index contributed by atoms with van der Waals surface area (Å²) < 4.78 is 28.5. The highest BCUT2D eigenvalue weighted by Crippen LogP contribution is 2.37. The molecule has 3 rings (SSSR count). The van der Waals surface area contributed by atoms with Gasteiger partial charge in [0.15, 0.2) is 9.84 Å². The first-order chi connectivity index (χ1) is 12.6. The predicted molar refractivity (Wildman–Crippen MR) is 96.9 cm³/mol. The van der Waals surface area contributed by atoms with Gasteiger partial charge in [0.2, 0.25) is 5.78 Å². The second kappa shape index (κ2) is 6.55. The molecule has 0 aliphatic rings. The summed E-state index contributed by atoms with van der Waals surface area (Å²) in [4.78, 5) is 24.4. The molecular formula is C19H16O7S. The molecule has 0 saturated heterocycles. The lowest BCUT2D eigenvalue weighted by Crippen LogP contribution is -2.10. The molecule has 0 fully saturated rings. The number of carbonyl (C=O) groups excluding carboxylic acids is 1. The summed E-state index contributed by atoms with van der Waals surface area (Å²) in [5.41, 5.74) is 0.196. The van der Waals surface area contributed by atoms with E-state index in [1.807, 2.05) is 0 Å². The van der Waals surface area contributed by atoms with E-state index in [9.17, 15) is 28.2 Å². The Bertz CT molecular complexity index is 1150. The van der Waals surface area contributed by atoms with Gasteiger partial charge in [-0.3, -0.25) is 9.59 Å². The number of carboxylic acid groups (broad SMARTS) is 1. The van der Waals surface area contributed by atoms with Crippen molar-refractivity contribution in [2.45, 2.75) is 17.7 Å². The number of carboxylic acids is 1. The fraction of sp³-hybridized carbons (Fsp3) is 0.158. The first kappa shape index (κ1) is 18.7. The molecule has 1 unspecified atom stereocenters. The second-order valence-electron chi connectivity index (χ2n) is 6.21. The van der Waals surface area contributed by atoms with Crippen molar-refractivity contribution in [2.75, 3.05) is 6.26 Å². The summed E-state index contributed by atoms with van der Waals surface area (Å²) in [6.45, 7) is 1.40. The number of carbonyl (C=O) groups is 2. The van der Waals surface area contributed by atoms with Crippen LogP contribution in [-0.4, -0.2) is 36.6 Å². The number of ketones is 1. The van der Waals surface area contributed by atoms with Crippen LogP contribution >= 0.6 is 0 Å². The molecule has 1 heterocycles. The van der Waals surface area contributed by atoms with Crippen LogP contribution in [0.3, 0.4) is 0 Å². The third-order valence-electron chi connectivity index (χ3n) is 4.35. The summed E-state index contributed by atoms with van der Waals surface area (Å²) in [6, 6.07) is 8.29. The molecular weight excluding hydrogens is 372 g/mol. The molecule has 0 bridgehead atoms. The molecule has 0 aliphatic heterocycles. The SMILES string of the molecule is CC(C(=O)O)c1cc2ccoc2c(C(=O)c2ccc(S(C)(=O)=O)cc2)c1O. The van der Waals surface area contributed by atoms with Crippen LogP contribution in [0.15, 0.2) is 52.0 Å². The van der Waals surface area contributed by atoms with Crippen LogP contribution in [0.4, 0.5) is 0 Å². The number of sulfone groups is 1. The Morgan fingerprint density at radius 2 is 1.74 bits per heavy atom. The van der Waals surface area contributed by atoms with E-state index in [1.54, 1.807) is 6.07 Å². The third kappa shape index (κ3) is 3.31. The Morgan fingerprint density at radius 1 is 1.11 bits per heavy atom. The first-order valence-electron chi connectivity index (χ1n) is 7.92. The topological polar surface area (TPSA) is 122 Å². The van der Waals surface area contributed by atoms with E-state index in [0.717, 1.165) is 6.26 Å². The van der Waals surface area contributed by atoms with Gasteiger partial charge in [-0.25, -0.2) is 8.42 Å². The Hall–Kier alpha value is -3.13. The van der Waals surface area contributed by atoms with Gasteiger partial charge in [0.25, 0.3) is 0 Å². The van der Waals surface area contributed by atoms with E-state index in [0.29, 0.717) is 5.39 Å². The Balaban J connectivity index is 2.18. The van der Waals surface area contributed by atoms with E-state index >= 15 is 0 Å². The normalized spacial score (nSPS) is 12.8. The van der Waals surface area contributed by atoms with Crippen molar-refractivity contribution < 1.29 is 32.6 Å². The molecule has 140 valence electrons. The van der Waals surface area contributed by atoms with Gasteiger partial charge in [-0.1, -0.05) is 0 Å². The quantitative estimate of drug-likeness (QED) is 0.644. The molecule has 1 atom stereocenters. The number of benzene rings is 2. The van der Waals surface area contributed by atoms with Crippen LogP contribution in [0.1, 0.15) is 34.3 Å². The highest BCUT2D eigenvalue weighted by molar-refractivity contribution is 7.90. The molecule has 3 aromatic rings. The summed E-state index contributed by atoms with van der Waals surface area (Å²) in [5.74, 6) is -3.26. The van der Waals surface area contributed by atoms with Crippen LogP contribution in [0.25, 0.3) is 11.0 Å². The lowest BCUT2D eigenvalue weighted by molar-refractivity contribution is -0.138. The highest BCUT2D eigenvalue weighted by atomic mass is 32.2. The summed E-state index contributed by atoms with van der Waals surface area (Å²) in [6.07, 6.45) is 2.39. The molecule has 0 spiro atoms. The molecule has 2 N–H and O–H groups in total. The lowest BCUT2D eigenvalue weighted by atomic mass is 9.92. The van der Waals surface area contributed by atoms with Crippen molar-refractivity contribution >= 4 is 32.6 Å². The average molecular weight is 388 g/mol. The molecule has 0 saturated carbocycles. The summed E-state index contributed by atoms with van der Waals surface area (Å²) >= 11 is 0. The lowest BCUT2D eigenvalue weighted by Gasteiger charge is -2.13. The van der Waals surface area contributed by atoms with E-state index in [-0.39, 0.29) is 27.2 Å². The maximum atomic E-state index is 13.0. The van der Waals surface area contributed by atoms with Crippen molar-refractivity contribution in [2.24, 2.45) is 0 Å². The fourth-order valence-corrected chi connectivity index (χ4v) is 3.43. The van der Waals surface area contributed by atoms with Gasteiger partial charge in [0.1, 0.15) is 16.9 Å². The molecule has 2 aromatic carbocycles. The Morgan fingerprint density at radius 3 is 2.30 bits per heavy atom. The van der Waals surface area contributed by atoms with Gasteiger partial charge < -0.3 is 14.6 Å². The van der Waals surface area contributed by atoms with E-state index in [4.69, 9.17) is 4.42 Å². The number of aliphatic carboxylic acids is 1. The third-order valence-corrected chi connectivity index (χ3v) is 5.48. The zero-order valence-electron chi connectivity index (χ0n) is 14.5. The monoisotopic (exact) mass is 388 g/mol. The number of phenols is 1. The number of fused-ring (bicyclic) bond motifs is 1. The molecule has 1 aromatic heterocycles. The summed E-state index contributed by atoms with van der Waals surface area (Å²) in [5, 5.41) is 20.3. The van der Waals surface area contributed by atoms with E-state index < -0.39 is 33.3 Å². The van der Waals surface area contributed by atoms with Crippen LogP contribution < -0.4 is 0 Å². The number of furan rings is 1. The molecule has 0 aliphatic carbocycles. The molecule has 0 amide bonds. The van der Waals surface area contributed by atoms with Crippen LogP contribution in [-0.2, 0) is 14.6 Å². The number of rotatable bonds is 5. The number of aromatic hydroxyl groups is 1.